The van der Waals surface area contributed by atoms with E-state index in [-0.39, 0.29) is 5.04 Å². The van der Waals surface area contributed by atoms with E-state index >= 15 is 0 Å². The van der Waals surface area contributed by atoms with Crippen molar-refractivity contribution in [2.24, 2.45) is 0 Å². The molecule has 0 amide bonds. The van der Waals surface area contributed by atoms with Crippen molar-refractivity contribution in [3.05, 3.63) is 48.0 Å². The zero-order chi connectivity index (χ0) is 21.1. The Bertz CT molecular complexity index is 951. The highest BCUT2D eigenvalue weighted by Crippen LogP contribution is 2.36. The van der Waals surface area contributed by atoms with Gasteiger partial charge in [0.1, 0.15) is 18.8 Å². The molecule has 0 saturated carbocycles. The molecule has 2 aromatic heterocycles. The summed E-state index contributed by atoms with van der Waals surface area (Å²) in [4.78, 5) is 13.1. The molecule has 0 atom stereocenters. The Morgan fingerprint density at radius 2 is 1.79 bits per heavy atom. The molecule has 0 fully saturated rings. The monoisotopic (exact) mass is 413 g/mol. The van der Waals surface area contributed by atoms with Gasteiger partial charge in [0.05, 0.1) is 13.2 Å². The predicted molar refractivity (Wildman–Crippen MR) is 118 cm³/mol. The maximum atomic E-state index is 6.35. The average Bonchev–Trinajstić information content (AvgIpc) is 3.01. The van der Waals surface area contributed by atoms with Gasteiger partial charge in [-0.25, -0.2) is 15.0 Å². The number of aromatic nitrogens is 4. The van der Waals surface area contributed by atoms with Crippen LogP contribution < -0.4 is 5.73 Å². The van der Waals surface area contributed by atoms with Gasteiger partial charge in [-0.2, -0.15) is 0 Å². The topological polar surface area (TPSA) is 88.1 Å². The van der Waals surface area contributed by atoms with Gasteiger partial charge in [0.25, 0.3) is 0 Å². The number of nitrogens with zero attached hydrogens (tertiary/aromatic N) is 4. The van der Waals surface area contributed by atoms with E-state index in [0.29, 0.717) is 37.7 Å². The van der Waals surface area contributed by atoms with Gasteiger partial charge in [0.2, 0.25) is 0 Å². The van der Waals surface area contributed by atoms with E-state index in [1.54, 1.807) is 0 Å². The van der Waals surface area contributed by atoms with Crippen LogP contribution in [0, 0.1) is 0 Å². The molecular formula is C21H31N5O2Si. The van der Waals surface area contributed by atoms with E-state index in [1.807, 2.05) is 34.9 Å². The minimum atomic E-state index is -1.83. The molecule has 7 nitrogen and oxygen atoms in total. The van der Waals surface area contributed by atoms with Gasteiger partial charge in [-0.1, -0.05) is 51.1 Å². The molecular weight excluding hydrogens is 382 g/mol. The zero-order valence-electron chi connectivity index (χ0n) is 18.0. The number of imidazole rings is 1. The highest BCUT2D eigenvalue weighted by Gasteiger charge is 2.37. The lowest BCUT2D eigenvalue weighted by molar-refractivity contribution is 0.0988. The van der Waals surface area contributed by atoms with Crippen LogP contribution in [-0.4, -0.2) is 34.4 Å². The Morgan fingerprint density at radius 3 is 2.48 bits per heavy atom. The Kier molecular flexibility index (Phi) is 6.35. The van der Waals surface area contributed by atoms with Crippen LogP contribution in [0.2, 0.25) is 18.1 Å². The van der Waals surface area contributed by atoms with Crippen molar-refractivity contribution in [1.29, 1.82) is 0 Å². The van der Waals surface area contributed by atoms with Crippen LogP contribution in [0.3, 0.4) is 0 Å². The molecule has 0 aliphatic heterocycles. The summed E-state index contributed by atoms with van der Waals surface area (Å²) < 4.78 is 14.3. The third kappa shape index (κ3) is 5.01. The van der Waals surface area contributed by atoms with Gasteiger partial charge in [0, 0.05) is 6.54 Å². The summed E-state index contributed by atoms with van der Waals surface area (Å²) in [6, 6.07) is 10.1. The molecule has 0 aliphatic rings. The molecule has 2 heterocycles. The van der Waals surface area contributed by atoms with Crippen molar-refractivity contribution in [2.45, 2.75) is 58.7 Å². The molecule has 0 saturated heterocycles. The van der Waals surface area contributed by atoms with Gasteiger partial charge in [0.15, 0.2) is 25.3 Å². The van der Waals surface area contributed by atoms with Crippen LogP contribution >= 0.6 is 0 Å². The first-order valence-corrected chi connectivity index (χ1v) is 12.8. The normalized spacial score (nSPS) is 12.6. The fourth-order valence-electron chi connectivity index (χ4n) is 2.79. The first-order chi connectivity index (χ1) is 13.7. The van der Waals surface area contributed by atoms with Crippen LogP contribution in [0.25, 0.3) is 11.2 Å². The number of fused-ring (bicyclic) bond motifs is 1. The lowest BCUT2D eigenvalue weighted by Gasteiger charge is -2.36. The minimum Gasteiger partial charge on any atom is -0.415 e. The Labute approximate surface area is 173 Å². The molecule has 0 unspecified atom stereocenters. The Balaban J connectivity index is 1.75. The molecule has 8 heteroatoms. The van der Waals surface area contributed by atoms with E-state index in [9.17, 15) is 0 Å². The lowest BCUT2D eigenvalue weighted by Crippen LogP contribution is -2.41. The largest absolute Gasteiger partial charge is 0.415 e. The van der Waals surface area contributed by atoms with E-state index in [0.717, 1.165) is 17.0 Å². The number of nitrogen functional groups attached to an aromatic ring is 1. The Morgan fingerprint density at radius 1 is 1.07 bits per heavy atom. The molecule has 0 bridgehead atoms. The lowest BCUT2D eigenvalue weighted by atomic mass is 10.2. The number of ether oxygens (including phenoxy) is 1. The van der Waals surface area contributed by atoms with Gasteiger partial charge in [-0.05, 0) is 23.7 Å². The number of rotatable bonds is 8. The number of anilines is 1. The van der Waals surface area contributed by atoms with Crippen molar-refractivity contribution in [3.8, 4) is 0 Å². The van der Waals surface area contributed by atoms with Crippen LogP contribution in [0.4, 0.5) is 5.82 Å². The molecule has 0 aliphatic carbocycles. The van der Waals surface area contributed by atoms with Crippen LogP contribution in [0.15, 0.2) is 36.7 Å². The molecule has 0 spiro atoms. The summed E-state index contributed by atoms with van der Waals surface area (Å²) in [5, 5.41) is 0.165. The first-order valence-electron chi connectivity index (χ1n) is 9.90. The number of hydrogen-bond acceptors (Lipinski definition) is 6. The van der Waals surface area contributed by atoms with E-state index in [2.05, 4.69) is 48.8 Å². The van der Waals surface area contributed by atoms with Crippen LogP contribution in [-0.2, 0) is 28.9 Å². The predicted octanol–water partition coefficient (Wildman–Crippen LogP) is 4.15. The Hall–Kier alpha value is -2.29. The van der Waals surface area contributed by atoms with Gasteiger partial charge < -0.3 is 19.5 Å². The standard InChI is InChI=1S/C21H31N5O2Si/c1-21(2,3)29(4,5)28-12-11-26-17(14-27-13-16-9-7-6-8-10-16)25-18-19(22)23-15-24-20(18)26/h6-10,15H,11-14H2,1-5H3,(H2,22,23,24). The SMILES string of the molecule is CC(C)(C)[Si](C)(C)OCCn1c(COCc2ccccc2)nc2c(N)ncnc21. The fraction of sp³-hybridized carbons (Fsp3) is 0.476. The minimum absolute atomic E-state index is 0.165. The molecule has 1 aromatic carbocycles. The van der Waals surface area contributed by atoms with Crippen LogP contribution in [0.5, 0.6) is 0 Å². The second-order valence-electron chi connectivity index (χ2n) is 8.70. The van der Waals surface area contributed by atoms with Crippen LogP contribution in [0.1, 0.15) is 32.2 Å². The third-order valence-corrected chi connectivity index (χ3v) is 10.1. The van der Waals surface area contributed by atoms with E-state index in [1.165, 1.54) is 6.33 Å². The highest BCUT2D eigenvalue weighted by molar-refractivity contribution is 6.74. The maximum Gasteiger partial charge on any atom is 0.192 e. The molecule has 156 valence electrons. The van der Waals surface area contributed by atoms with Gasteiger partial charge in [-0.3, -0.25) is 0 Å². The number of benzene rings is 1. The smallest absolute Gasteiger partial charge is 0.192 e. The summed E-state index contributed by atoms with van der Waals surface area (Å²) >= 11 is 0. The zero-order valence-corrected chi connectivity index (χ0v) is 19.0. The first kappa shape index (κ1) is 21.4. The second kappa shape index (κ2) is 8.60. The fourth-order valence-corrected chi connectivity index (χ4v) is 3.82. The van der Waals surface area contributed by atoms with Gasteiger partial charge >= 0.3 is 0 Å². The van der Waals surface area contributed by atoms with E-state index in [4.69, 9.17) is 14.9 Å². The van der Waals surface area contributed by atoms with Crippen molar-refractivity contribution >= 4 is 25.3 Å². The summed E-state index contributed by atoms with van der Waals surface area (Å²) in [6.45, 7) is 13.3. The van der Waals surface area contributed by atoms with Crippen molar-refractivity contribution in [2.75, 3.05) is 12.3 Å². The summed E-state index contributed by atoms with van der Waals surface area (Å²) in [5.41, 5.74) is 8.47. The number of hydrogen-bond donors (Lipinski definition) is 1. The average molecular weight is 414 g/mol. The summed E-state index contributed by atoms with van der Waals surface area (Å²) in [7, 11) is -1.83. The summed E-state index contributed by atoms with van der Waals surface area (Å²) in [5.74, 6) is 1.16. The second-order valence-corrected chi connectivity index (χ2v) is 13.5. The van der Waals surface area contributed by atoms with E-state index < -0.39 is 8.32 Å². The molecule has 3 rings (SSSR count). The third-order valence-electron chi connectivity index (χ3n) is 5.57. The number of nitrogens with two attached hydrogens (primary N) is 1. The van der Waals surface area contributed by atoms with Crippen molar-refractivity contribution < 1.29 is 9.16 Å². The highest BCUT2D eigenvalue weighted by atomic mass is 28.4. The molecule has 3 aromatic rings. The van der Waals surface area contributed by atoms with Gasteiger partial charge in [-0.15, -0.1) is 0 Å². The molecule has 2 N–H and O–H groups in total. The van der Waals surface area contributed by atoms with Crippen molar-refractivity contribution in [1.82, 2.24) is 19.5 Å². The summed E-state index contributed by atoms with van der Waals surface area (Å²) in [6.07, 6.45) is 1.47. The maximum absolute atomic E-state index is 6.35. The quantitative estimate of drug-likeness (QED) is 0.558. The van der Waals surface area contributed by atoms with Crippen molar-refractivity contribution in [3.63, 3.8) is 0 Å². The molecule has 0 radical (unpaired) electrons. The molecule has 29 heavy (non-hydrogen) atoms.